The van der Waals surface area contributed by atoms with E-state index in [0.29, 0.717) is 11.3 Å². The van der Waals surface area contributed by atoms with E-state index < -0.39 is 0 Å². The lowest BCUT2D eigenvalue weighted by atomic mass is 10.0. The Morgan fingerprint density at radius 1 is 0.962 bits per heavy atom. The minimum atomic E-state index is -0.293. The van der Waals surface area contributed by atoms with Crippen LogP contribution in [-0.2, 0) is 4.79 Å². The van der Waals surface area contributed by atoms with E-state index in [1.54, 1.807) is 19.1 Å². The number of nitrogens with zero attached hydrogens (tertiary/aromatic N) is 1. The van der Waals surface area contributed by atoms with Crippen LogP contribution in [0.5, 0.6) is 0 Å². The molecule has 2 aromatic rings. The molecule has 0 aliphatic carbocycles. The van der Waals surface area contributed by atoms with Crippen LogP contribution in [-0.4, -0.2) is 17.5 Å². The average molecular weight is 351 g/mol. The van der Waals surface area contributed by atoms with Crippen molar-refractivity contribution in [2.75, 3.05) is 5.32 Å². The molecule has 2 amide bonds. The molecule has 0 unspecified atom stereocenters. The lowest BCUT2D eigenvalue weighted by Crippen LogP contribution is -2.22. The van der Waals surface area contributed by atoms with Crippen molar-refractivity contribution in [3.63, 3.8) is 0 Å². The predicted molar refractivity (Wildman–Crippen MR) is 106 cm³/mol. The number of carbonyl (C=O) groups is 2. The first-order valence-electron chi connectivity index (χ1n) is 8.54. The van der Waals surface area contributed by atoms with E-state index in [4.69, 9.17) is 0 Å². The van der Waals surface area contributed by atoms with Gasteiger partial charge in [0.1, 0.15) is 0 Å². The fraction of sp³-hybridized carbons (Fsp3) is 0.286. The summed E-state index contributed by atoms with van der Waals surface area (Å²) >= 11 is 0. The number of nitrogens with one attached hydrogen (secondary N) is 2. The van der Waals surface area contributed by atoms with Gasteiger partial charge in [-0.25, -0.2) is 5.43 Å². The molecule has 0 aliphatic heterocycles. The van der Waals surface area contributed by atoms with Crippen molar-refractivity contribution in [3.05, 3.63) is 64.2 Å². The molecule has 0 saturated heterocycles. The average Bonchev–Trinajstić information content (AvgIpc) is 2.56. The second kappa shape index (κ2) is 8.43. The van der Waals surface area contributed by atoms with Gasteiger partial charge in [0.2, 0.25) is 5.91 Å². The third kappa shape index (κ3) is 5.28. The van der Waals surface area contributed by atoms with Crippen LogP contribution in [0.3, 0.4) is 0 Å². The maximum absolute atomic E-state index is 12.3. The van der Waals surface area contributed by atoms with Crippen molar-refractivity contribution >= 4 is 23.2 Å². The van der Waals surface area contributed by atoms with E-state index in [1.165, 1.54) is 0 Å². The third-order valence-corrected chi connectivity index (χ3v) is 3.99. The highest BCUT2D eigenvalue weighted by molar-refractivity contribution is 6.06. The van der Waals surface area contributed by atoms with Crippen LogP contribution in [0, 0.1) is 27.7 Å². The number of benzene rings is 2. The Balaban J connectivity index is 1.96. The molecule has 2 aromatic carbocycles. The molecule has 0 aliphatic rings. The maximum Gasteiger partial charge on any atom is 0.271 e. The molecule has 0 aromatic heterocycles. The molecule has 2 N–H and O–H groups in total. The van der Waals surface area contributed by atoms with Crippen molar-refractivity contribution in [1.82, 2.24) is 5.43 Å². The van der Waals surface area contributed by atoms with Crippen molar-refractivity contribution in [2.24, 2.45) is 5.10 Å². The molecular weight excluding hydrogens is 326 g/mol. The smallest absolute Gasteiger partial charge is 0.271 e. The molecule has 136 valence electrons. The SMILES string of the molecule is C/C(CC(=O)Nc1c(C)cc(C)cc1C)=N\NC(=O)c1cccc(C)c1. The van der Waals surface area contributed by atoms with Gasteiger partial charge in [-0.15, -0.1) is 0 Å². The largest absolute Gasteiger partial charge is 0.325 e. The fourth-order valence-electron chi connectivity index (χ4n) is 2.83. The van der Waals surface area contributed by atoms with Gasteiger partial charge in [-0.2, -0.15) is 5.10 Å². The summed E-state index contributed by atoms with van der Waals surface area (Å²) in [4.78, 5) is 24.3. The monoisotopic (exact) mass is 351 g/mol. The number of amides is 2. The Kier molecular flexibility index (Phi) is 6.28. The second-order valence-electron chi connectivity index (χ2n) is 6.66. The van der Waals surface area contributed by atoms with Gasteiger partial charge in [0.05, 0.1) is 6.42 Å². The van der Waals surface area contributed by atoms with Crippen molar-refractivity contribution in [3.8, 4) is 0 Å². The normalized spacial score (nSPS) is 11.2. The highest BCUT2D eigenvalue weighted by atomic mass is 16.2. The molecule has 5 heteroatoms. The van der Waals surface area contributed by atoms with Crippen LogP contribution in [0.1, 0.15) is 46.0 Å². The molecule has 0 atom stereocenters. The highest BCUT2D eigenvalue weighted by Gasteiger charge is 2.10. The summed E-state index contributed by atoms with van der Waals surface area (Å²) < 4.78 is 0. The quantitative estimate of drug-likeness (QED) is 0.630. The van der Waals surface area contributed by atoms with Gasteiger partial charge in [0, 0.05) is 17.0 Å². The fourth-order valence-corrected chi connectivity index (χ4v) is 2.83. The van der Waals surface area contributed by atoms with Gasteiger partial charge < -0.3 is 5.32 Å². The van der Waals surface area contributed by atoms with Crippen LogP contribution >= 0.6 is 0 Å². The van der Waals surface area contributed by atoms with E-state index >= 15 is 0 Å². The van der Waals surface area contributed by atoms with Crippen molar-refractivity contribution in [2.45, 2.75) is 41.0 Å². The van der Waals surface area contributed by atoms with Crippen LogP contribution in [0.25, 0.3) is 0 Å². The summed E-state index contributed by atoms with van der Waals surface area (Å²) in [5.41, 5.74) is 8.61. The number of hydrazone groups is 1. The Bertz CT molecular complexity index is 846. The zero-order valence-electron chi connectivity index (χ0n) is 15.9. The lowest BCUT2D eigenvalue weighted by molar-refractivity contribution is -0.115. The van der Waals surface area contributed by atoms with Gasteiger partial charge >= 0.3 is 0 Å². The number of aryl methyl sites for hydroxylation is 4. The van der Waals surface area contributed by atoms with E-state index in [1.807, 2.05) is 52.0 Å². The topological polar surface area (TPSA) is 70.6 Å². The van der Waals surface area contributed by atoms with Crippen molar-refractivity contribution < 1.29 is 9.59 Å². The predicted octanol–water partition coefficient (Wildman–Crippen LogP) is 4.05. The van der Waals surface area contributed by atoms with Crippen LogP contribution in [0.4, 0.5) is 5.69 Å². The summed E-state index contributed by atoms with van der Waals surface area (Å²) in [7, 11) is 0. The zero-order valence-corrected chi connectivity index (χ0v) is 15.9. The molecular formula is C21H25N3O2. The first kappa shape index (κ1) is 19.4. The first-order valence-corrected chi connectivity index (χ1v) is 8.54. The Morgan fingerprint density at radius 3 is 2.23 bits per heavy atom. The number of hydrogen-bond donors (Lipinski definition) is 2. The molecule has 0 saturated carbocycles. The van der Waals surface area contributed by atoms with Crippen molar-refractivity contribution in [1.29, 1.82) is 0 Å². The van der Waals surface area contributed by atoms with Gasteiger partial charge in [-0.1, -0.05) is 35.4 Å². The number of hydrogen-bond acceptors (Lipinski definition) is 3. The van der Waals surface area contributed by atoms with Gasteiger partial charge in [0.25, 0.3) is 5.91 Å². The Labute approximate surface area is 154 Å². The number of anilines is 1. The third-order valence-electron chi connectivity index (χ3n) is 3.99. The van der Waals surface area contributed by atoms with E-state index in [2.05, 4.69) is 15.8 Å². The summed E-state index contributed by atoms with van der Waals surface area (Å²) in [6, 6.07) is 11.3. The molecule has 26 heavy (non-hydrogen) atoms. The number of rotatable bonds is 5. The number of carbonyl (C=O) groups excluding carboxylic acids is 2. The minimum Gasteiger partial charge on any atom is -0.325 e. The minimum absolute atomic E-state index is 0.112. The van der Waals surface area contributed by atoms with E-state index in [0.717, 1.165) is 27.9 Å². The highest BCUT2D eigenvalue weighted by Crippen LogP contribution is 2.22. The van der Waals surface area contributed by atoms with Crippen LogP contribution in [0.15, 0.2) is 41.5 Å². The molecule has 0 spiro atoms. The van der Waals surface area contributed by atoms with E-state index in [-0.39, 0.29) is 18.2 Å². The van der Waals surface area contributed by atoms with Gasteiger partial charge in [-0.3, -0.25) is 9.59 Å². The molecule has 0 heterocycles. The maximum atomic E-state index is 12.3. The molecule has 0 fully saturated rings. The van der Waals surface area contributed by atoms with E-state index in [9.17, 15) is 9.59 Å². The Morgan fingerprint density at radius 2 is 1.62 bits per heavy atom. The lowest BCUT2D eigenvalue weighted by Gasteiger charge is -2.12. The zero-order chi connectivity index (χ0) is 19.3. The second-order valence-corrected chi connectivity index (χ2v) is 6.66. The van der Waals surface area contributed by atoms with Gasteiger partial charge in [0.15, 0.2) is 0 Å². The summed E-state index contributed by atoms with van der Waals surface area (Å²) in [6.45, 7) is 9.60. The van der Waals surface area contributed by atoms with Gasteiger partial charge in [-0.05, 0) is 57.9 Å². The summed E-state index contributed by atoms with van der Waals surface area (Å²) in [5, 5.41) is 6.96. The molecule has 0 bridgehead atoms. The standard InChI is InChI=1S/C21H25N3O2/c1-13-7-6-8-18(11-13)21(26)24-23-17(5)12-19(25)22-20-15(3)9-14(2)10-16(20)4/h6-11H,12H2,1-5H3,(H,22,25)(H,24,26)/b23-17+. The first-order chi connectivity index (χ1) is 12.3. The molecule has 2 rings (SSSR count). The van der Waals surface area contributed by atoms with Crippen LogP contribution < -0.4 is 10.7 Å². The summed E-state index contributed by atoms with van der Waals surface area (Å²) in [6.07, 6.45) is 0.112. The summed E-state index contributed by atoms with van der Waals surface area (Å²) in [5.74, 6) is -0.454. The van der Waals surface area contributed by atoms with Crippen LogP contribution in [0.2, 0.25) is 0 Å². The molecule has 0 radical (unpaired) electrons. The molecule has 5 nitrogen and oxygen atoms in total. The Hall–Kier alpha value is -2.95.